The topological polar surface area (TPSA) is 57.0 Å². The Morgan fingerprint density at radius 2 is 2.21 bits per heavy atom. The van der Waals surface area contributed by atoms with Gasteiger partial charge in [-0.1, -0.05) is 18.5 Å². The molecule has 2 aromatic heterocycles. The largest absolute Gasteiger partial charge is 0.469 e. The van der Waals surface area contributed by atoms with Crippen LogP contribution in [0.15, 0.2) is 16.7 Å². The molecule has 1 atom stereocenters. The molecule has 0 fully saturated rings. The molecule has 0 radical (unpaired) electrons. The Morgan fingerprint density at radius 1 is 1.47 bits per heavy atom. The monoisotopic (exact) mass is 281 g/mol. The third-order valence-corrected chi connectivity index (χ3v) is 3.72. The highest BCUT2D eigenvalue weighted by atomic mass is 35.5. The lowest BCUT2D eigenvalue weighted by Gasteiger charge is -2.11. The summed E-state index contributed by atoms with van der Waals surface area (Å²) < 4.78 is 7.24. The third kappa shape index (κ3) is 2.85. The molecule has 0 spiro atoms. The minimum Gasteiger partial charge on any atom is -0.469 e. The van der Waals surface area contributed by atoms with Gasteiger partial charge in [-0.2, -0.15) is 5.10 Å². The van der Waals surface area contributed by atoms with Gasteiger partial charge in [0.2, 0.25) is 0 Å². The van der Waals surface area contributed by atoms with E-state index in [2.05, 4.69) is 18.9 Å². The zero-order chi connectivity index (χ0) is 14.0. The quantitative estimate of drug-likeness (QED) is 0.915. The standard InChI is InChI=1S/C14H20ClN3O/c1-4-12-14(15)13(18(5-2)17-12)7-11(16)10-6-9(3)19-8-10/h6,8,11H,4-5,7,16H2,1-3H3. The fourth-order valence-electron chi connectivity index (χ4n) is 2.20. The van der Waals surface area contributed by atoms with E-state index in [0.717, 1.165) is 40.7 Å². The van der Waals surface area contributed by atoms with E-state index in [1.165, 1.54) is 0 Å². The number of halogens is 1. The first-order valence-electron chi connectivity index (χ1n) is 6.61. The van der Waals surface area contributed by atoms with Crippen molar-refractivity contribution in [2.75, 3.05) is 0 Å². The first-order valence-corrected chi connectivity index (χ1v) is 6.99. The van der Waals surface area contributed by atoms with E-state index in [9.17, 15) is 0 Å². The molecule has 2 N–H and O–H groups in total. The lowest BCUT2D eigenvalue weighted by molar-refractivity contribution is 0.526. The lowest BCUT2D eigenvalue weighted by Crippen LogP contribution is -2.15. The summed E-state index contributed by atoms with van der Waals surface area (Å²) >= 11 is 6.38. The highest BCUT2D eigenvalue weighted by Crippen LogP contribution is 2.26. The van der Waals surface area contributed by atoms with Crippen molar-refractivity contribution in [3.63, 3.8) is 0 Å². The Bertz CT molecular complexity index is 559. The van der Waals surface area contributed by atoms with Crippen molar-refractivity contribution in [2.45, 2.75) is 46.2 Å². The molecule has 0 saturated heterocycles. The first kappa shape index (κ1) is 14.2. The van der Waals surface area contributed by atoms with E-state index in [1.54, 1.807) is 6.26 Å². The van der Waals surface area contributed by atoms with Gasteiger partial charge in [0.05, 0.1) is 22.7 Å². The average molecular weight is 282 g/mol. The van der Waals surface area contributed by atoms with Gasteiger partial charge in [0.1, 0.15) is 5.76 Å². The molecule has 0 saturated carbocycles. The maximum atomic E-state index is 6.38. The van der Waals surface area contributed by atoms with Gasteiger partial charge < -0.3 is 10.2 Å². The molecule has 0 aliphatic carbocycles. The molecule has 1 unspecified atom stereocenters. The summed E-state index contributed by atoms with van der Waals surface area (Å²) in [6, 6.07) is 1.84. The van der Waals surface area contributed by atoms with Crippen LogP contribution in [0.2, 0.25) is 5.02 Å². The molecular weight excluding hydrogens is 262 g/mol. The molecule has 19 heavy (non-hydrogen) atoms. The molecule has 0 amide bonds. The van der Waals surface area contributed by atoms with Crippen LogP contribution in [0.4, 0.5) is 0 Å². The van der Waals surface area contributed by atoms with E-state index in [1.807, 2.05) is 17.7 Å². The first-order chi connectivity index (χ1) is 9.06. The fourth-order valence-corrected chi connectivity index (χ4v) is 2.54. The second-order valence-corrected chi connectivity index (χ2v) is 5.06. The fraction of sp³-hybridized carbons (Fsp3) is 0.500. The highest BCUT2D eigenvalue weighted by Gasteiger charge is 2.18. The molecule has 0 bridgehead atoms. The van der Waals surface area contributed by atoms with Crippen molar-refractivity contribution in [1.29, 1.82) is 0 Å². The summed E-state index contributed by atoms with van der Waals surface area (Å²) in [5, 5.41) is 5.25. The predicted molar refractivity (Wildman–Crippen MR) is 76.4 cm³/mol. The predicted octanol–water partition coefficient (Wildman–Crippen LogP) is 3.26. The van der Waals surface area contributed by atoms with Crippen LogP contribution in [-0.2, 0) is 19.4 Å². The van der Waals surface area contributed by atoms with Crippen LogP contribution in [0.1, 0.15) is 42.6 Å². The molecular formula is C14H20ClN3O. The molecule has 0 aliphatic rings. The summed E-state index contributed by atoms with van der Waals surface area (Å²) in [7, 11) is 0. The van der Waals surface area contributed by atoms with Gasteiger partial charge in [0, 0.05) is 24.6 Å². The van der Waals surface area contributed by atoms with Crippen molar-refractivity contribution < 1.29 is 4.42 Å². The maximum absolute atomic E-state index is 6.38. The van der Waals surface area contributed by atoms with Gasteiger partial charge in [-0.05, 0) is 26.3 Å². The van der Waals surface area contributed by atoms with Crippen LogP contribution < -0.4 is 5.73 Å². The molecule has 104 valence electrons. The minimum absolute atomic E-state index is 0.123. The molecule has 0 aromatic carbocycles. The molecule has 2 heterocycles. The van der Waals surface area contributed by atoms with Gasteiger partial charge in [-0.25, -0.2) is 0 Å². The van der Waals surface area contributed by atoms with Gasteiger partial charge in [0.15, 0.2) is 0 Å². The Labute approximate surface area is 118 Å². The highest BCUT2D eigenvalue weighted by molar-refractivity contribution is 6.31. The summed E-state index contributed by atoms with van der Waals surface area (Å²) in [4.78, 5) is 0. The summed E-state index contributed by atoms with van der Waals surface area (Å²) in [6.07, 6.45) is 3.21. The number of rotatable bonds is 5. The van der Waals surface area contributed by atoms with Crippen molar-refractivity contribution in [2.24, 2.45) is 5.73 Å². The van der Waals surface area contributed by atoms with Crippen LogP contribution in [0.5, 0.6) is 0 Å². The SMILES string of the molecule is CCc1nn(CC)c(CC(N)c2coc(C)c2)c1Cl. The molecule has 2 aromatic rings. The smallest absolute Gasteiger partial charge is 0.101 e. The van der Waals surface area contributed by atoms with Gasteiger partial charge in [-0.15, -0.1) is 0 Å². The number of hydrogen-bond donors (Lipinski definition) is 1. The van der Waals surface area contributed by atoms with Crippen molar-refractivity contribution in [3.8, 4) is 0 Å². The second kappa shape index (κ2) is 5.80. The van der Waals surface area contributed by atoms with Crippen LogP contribution in [0.3, 0.4) is 0 Å². The van der Waals surface area contributed by atoms with E-state index >= 15 is 0 Å². The number of nitrogens with zero attached hydrogens (tertiary/aromatic N) is 2. The third-order valence-electron chi connectivity index (χ3n) is 3.29. The summed E-state index contributed by atoms with van der Waals surface area (Å²) in [5.41, 5.74) is 9.17. The van der Waals surface area contributed by atoms with E-state index in [-0.39, 0.29) is 6.04 Å². The van der Waals surface area contributed by atoms with Gasteiger partial charge >= 0.3 is 0 Å². The summed E-state index contributed by atoms with van der Waals surface area (Å²) in [6.45, 7) is 6.82. The molecule has 4 nitrogen and oxygen atoms in total. The Balaban J connectivity index is 2.25. The van der Waals surface area contributed by atoms with Gasteiger partial charge in [0.25, 0.3) is 0 Å². The van der Waals surface area contributed by atoms with E-state index in [4.69, 9.17) is 21.8 Å². The van der Waals surface area contributed by atoms with E-state index < -0.39 is 0 Å². The van der Waals surface area contributed by atoms with Gasteiger partial charge in [-0.3, -0.25) is 4.68 Å². The Morgan fingerprint density at radius 3 is 2.74 bits per heavy atom. The molecule has 5 heteroatoms. The van der Waals surface area contributed by atoms with Crippen molar-refractivity contribution in [3.05, 3.63) is 40.1 Å². The number of hydrogen-bond acceptors (Lipinski definition) is 3. The van der Waals surface area contributed by atoms with Crippen molar-refractivity contribution >= 4 is 11.6 Å². The number of nitrogens with two attached hydrogens (primary N) is 1. The second-order valence-electron chi connectivity index (χ2n) is 4.68. The van der Waals surface area contributed by atoms with Crippen LogP contribution in [0, 0.1) is 6.92 Å². The Kier molecular flexibility index (Phi) is 4.32. The zero-order valence-corrected chi connectivity index (χ0v) is 12.4. The summed E-state index contributed by atoms with van der Waals surface area (Å²) in [5.74, 6) is 0.870. The number of furan rings is 1. The molecule has 2 rings (SSSR count). The minimum atomic E-state index is -0.123. The normalized spacial score (nSPS) is 12.9. The molecule has 0 aliphatic heterocycles. The van der Waals surface area contributed by atoms with E-state index in [0.29, 0.717) is 6.42 Å². The average Bonchev–Trinajstić information content (AvgIpc) is 2.95. The van der Waals surface area contributed by atoms with Crippen LogP contribution >= 0.6 is 11.6 Å². The lowest BCUT2D eigenvalue weighted by atomic mass is 10.1. The van der Waals surface area contributed by atoms with Crippen molar-refractivity contribution in [1.82, 2.24) is 9.78 Å². The van der Waals surface area contributed by atoms with Crippen LogP contribution in [0.25, 0.3) is 0 Å². The number of aromatic nitrogens is 2. The number of aryl methyl sites for hydroxylation is 3. The maximum Gasteiger partial charge on any atom is 0.101 e. The Hall–Kier alpha value is -1.26. The van der Waals surface area contributed by atoms with Crippen LogP contribution in [-0.4, -0.2) is 9.78 Å². The zero-order valence-electron chi connectivity index (χ0n) is 11.6.